The second kappa shape index (κ2) is 14.8. The first-order chi connectivity index (χ1) is 13.6. The summed E-state index contributed by atoms with van der Waals surface area (Å²) in [4.78, 5) is 9.67. The van der Waals surface area contributed by atoms with Crippen molar-refractivity contribution in [2.45, 2.75) is 39.7 Å². The van der Waals surface area contributed by atoms with E-state index < -0.39 is 0 Å². The highest BCUT2D eigenvalue weighted by molar-refractivity contribution is 14.0. The van der Waals surface area contributed by atoms with Crippen LogP contribution in [0.4, 0.5) is 0 Å². The lowest BCUT2D eigenvalue weighted by atomic mass is 10.2. The lowest BCUT2D eigenvalue weighted by Crippen LogP contribution is -2.44. The molecule has 1 aliphatic rings. The van der Waals surface area contributed by atoms with Crippen molar-refractivity contribution >= 4 is 29.9 Å². The fourth-order valence-electron chi connectivity index (χ4n) is 3.24. The number of halogens is 1. The molecule has 1 atom stereocenters. The van der Waals surface area contributed by atoms with Crippen molar-refractivity contribution in [3.05, 3.63) is 29.8 Å². The van der Waals surface area contributed by atoms with Crippen LogP contribution >= 0.6 is 24.0 Å². The number of likely N-dealkylation sites (N-methyl/N-ethyl adjacent to an activating group) is 1. The van der Waals surface area contributed by atoms with Crippen LogP contribution in [0.1, 0.15) is 32.3 Å². The normalized spacial score (nSPS) is 16.8. The molecule has 0 saturated carbocycles. The van der Waals surface area contributed by atoms with Crippen LogP contribution < -0.4 is 15.4 Å². The van der Waals surface area contributed by atoms with Gasteiger partial charge < -0.3 is 25.2 Å². The smallest absolute Gasteiger partial charge is 0.191 e. The van der Waals surface area contributed by atoms with E-state index in [4.69, 9.17) is 4.74 Å². The molecule has 0 bridgehead atoms. The van der Waals surface area contributed by atoms with Crippen molar-refractivity contribution in [3.63, 3.8) is 0 Å². The lowest BCUT2D eigenvalue weighted by Gasteiger charge is -2.32. The molecule has 2 rings (SSSR count). The van der Waals surface area contributed by atoms with E-state index in [1.807, 2.05) is 18.2 Å². The number of nitrogens with zero attached hydrogens (tertiary/aromatic N) is 3. The molecule has 2 N–H and O–H groups in total. The lowest BCUT2D eigenvalue weighted by molar-refractivity contribution is 0.152. The summed E-state index contributed by atoms with van der Waals surface area (Å²) in [5, 5.41) is 6.78. The molecule has 1 unspecified atom stereocenters. The van der Waals surface area contributed by atoms with Crippen molar-refractivity contribution in [1.82, 2.24) is 20.4 Å². The summed E-state index contributed by atoms with van der Waals surface area (Å²) in [6.45, 7) is 14.7. The van der Waals surface area contributed by atoms with E-state index in [0.717, 1.165) is 36.8 Å². The number of hydrogen-bond acceptors (Lipinski definition) is 4. The van der Waals surface area contributed by atoms with Crippen LogP contribution in [0.3, 0.4) is 0 Å². The largest absolute Gasteiger partial charge is 0.489 e. The number of unbranched alkanes of at least 4 members (excludes halogenated alkanes) is 1. The fraction of sp³-hybridized carbons (Fsp3) is 0.682. The zero-order valence-corrected chi connectivity index (χ0v) is 20.9. The number of benzene rings is 1. The van der Waals surface area contributed by atoms with Crippen molar-refractivity contribution in [2.75, 3.05) is 59.4 Å². The molecule has 0 amide bonds. The monoisotopic (exact) mass is 517 g/mol. The van der Waals surface area contributed by atoms with Crippen LogP contribution in [0, 0.1) is 6.92 Å². The molecule has 166 valence electrons. The Morgan fingerprint density at radius 2 is 1.86 bits per heavy atom. The molecular weight excluding hydrogens is 477 g/mol. The Bertz CT molecular complexity index is 590. The molecule has 0 radical (unpaired) electrons. The van der Waals surface area contributed by atoms with E-state index in [2.05, 4.69) is 59.3 Å². The summed E-state index contributed by atoms with van der Waals surface area (Å²) >= 11 is 0. The molecule has 1 saturated heterocycles. The van der Waals surface area contributed by atoms with Crippen molar-refractivity contribution < 1.29 is 4.74 Å². The second-order valence-corrected chi connectivity index (χ2v) is 7.69. The highest BCUT2D eigenvalue weighted by Crippen LogP contribution is 2.17. The number of rotatable bonds is 10. The predicted molar refractivity (Wildman–Crippen MR) is 134 cm³/mol. The predicted octanol–water partition coefficient (Wildman–Crippen LogP) is 2.96. The standard InChI is InChI=1S/C22H39N5O.HI/c1-5-23-22(24-12-8-9-13-27-16-14-26(4)15-17-27)25-18-20(3)28-21-11-7-6-10-19(21)2;/h6-7,10-11,20H,5,8-9,12-18H2,1-4H3,(H2,23,24,25);1H. The zero-order valence-electron chi connectivity index (χ0n) is 18.6. The maximum atomic E-state index is 6.02. The topological polar surface area (TPSA) is 52.1 Å². The molecule has 29 heavy (non-hydrogen) atoms. The SMILES string of the molecule is CCNC(=NCC(C)Oc1ccccc1C)NCCCCN1CCN(C)CC1.I. The molecule has 1 aliphatic heterocycles. The zero-order chi connectivity index (χ0) is 20.2. The van der Waals surface area contributed by atoms with Crippen molar-refractivity contribution in [2.24, 2.45) is 4.99 Å². The first-order valence-corrected chi connectivity index (χ1v) is 10.7. The Morgan fingerprint density at radius 3 is 2.55 bits per heavy atom. The van der Waals surface area contributed by atoms with Gasteiger partial charge in [0.25, 0.3) is 0 Å². The van der Waals surface area contributed by atoms with Crippen molar-refractivity contribution in [1.29, 1.82) is 0 Å². The maximum absolute atomic E-state index is 6.02. The molecule has 0 aliphatic carbocycles. The Kier molecular flexibility index (Phi) is 13.3. The number of para-hydroxylation sites is 1. The van der Waals surface area contributed by atoms with Crippen LogP contribution in [-0.4, -0.2) is 81.3 Å². The van der Waals surface area contributed by atoms with Gasteiger partial charge in [-0.1, -0.05) is 18.2 Å². The van der Waals surface area contributed by atoms with Crippen LogP contribution in [0.25, 0.3) is 0 Å². The first-order valence-electron chi connectivity index (χ1n) is 10.7. The number of aliphatic imine (C=N–C) groups is 1. The molecular formula is C22H40IN5O. The minimum absolute atomic E-state index is 0. The number of guanidine groups is 1. The van der Waals surface area contributed by atoms with Gasteiger partial charge in [-0.15, -0.1) is 24.0 Å². The molecule has 1 aromatic rings. The highest BCUT2D eigenvalue weighted by Gasteiger charge is 2.12. The van der Waals surface area contributed by atoms with E-state index in [1.54, 1.807) is 0 Å². The van der Waals surface area contributed by atoms with Gasteiger partial charge in [0.15, 0.2) is 5.96 Å². The van der Waals surface area contributed by atoms with Crippen LogP contribution in [0.15, 0.2) is 29.3 Å². The summed E-state index contributed by atoms with van der Waals surface area (Å²) in [6, 6.07) is 8.12. The van der Waals surface area contributed by atoms with Gasteiger partial charge in [0.05, 0.1) is 6.54 Å². The summed E-state index contributed by atoms with van der Waals surface area (Å²) in [6.07, 6.45) is 2.42. The van der Waals surface area contributed by atoms with Gasteiger partial charge in [0, 0.05) is 39.3 Å². The third kappa shape index (κ3) is 10.5. The van der Waals surface area contributed by atoms with Gasteiger partial charge in [-0.05, 0) is 58.8 Å². The van der Waals surface area contributed by atoms with Gasteiger partial charge in [-0.2, -0.15) is 0 Å². The van der Waals surface area contributed by atoms with Crippen molar-refractivity contribution in [3.8, 4) is 5.75 Å². The minimum Gasteiger partial charge on any atom is -0.489 e. The van der Waals surface area contributed by atoms with E-state index in [1.165, 1.54) is 39.1 Å². The van der Waals surface area contributed by atoms with Gasteiger partial charge in [0.1, 0.15) is 11.9 Å². The Labute approximate surface area is 194 Å². The van der Waals surface area contributed by atoms with Crippen LogP contribution in [0.2, 0.25) is 0 Å². The molecule has 0 spiro atoms. The fourth-order valence-corrected chi connectivity index (χ4v) is 3.24. The summed E-state index contributed by atoms with van der Waals surface area (Å²) < 4.78 is 6.02. The van der Waals surface area contributed by atoms with Gasteiger partial charge in [0.2, 0.25) is 0 Å². The summed E-state index contributed by atoms with van der Waals surface area (Å²) in [5.41, 5.74) is 1.16. The van der Waals surface area contributed by atoms with Gasteiger partial charge in [-0.25, -0.2) is 4.99 Å². The first kappa shape index (κ1) is 26.0. The number of aryl methyl sites for hydroxylation is 1. The minimum atomic E-state index is 0. The second-order valence-electron chi connectivity index (χ2n) is 7.69. The Balaban J connectivity index is 0.00000420. The Morgan fingerprint density at radius 1 is 1.14 bits per heavy atom. The third-order valence-electron chi connectivity index (χ3n) is 5.06. The van der Waals surface area contributed by atoms with Gasteiger partial charge in [-0.3, -0.25) is 0 Å². The third-order valence-corrected chi connectivity index (χ3v) is 5.06. The summed E-state index contributed by atoms with van der Waals surface area (Å²) in [7, 11) is 2.20. The molecule has 1 fully saturated rings. The maximum Gasteiger partial charge on any atom is 0.191 e. The van der Waals surface area contributed by atoms with E-state index >= 15 is 0 Å². The quantitative estimate of drug-likeness (QED) is 0.216. The van der Waals surface area contributed by atoms with Crippen LogP contribution in [-0.2, 0) is 0 Å². The van der Waals surface area contributed by atoms with E-state index in [9.17, 15) is 0 Å². The van der Waals surface area contributed by atoms with E-state index in [-0.39, 0.29) is 30.1 Å². The molecule has 0 aromatic heterocycles. The molecule has 1 heterocycles. The Hall–Kier alpha value is -1.06. The molecule has 6 nitrogen and oxygen atoms in total. The average molecular weight is 518 g/mol. The highest BCUT2D eigenvalue weighted by atomic mass is 127. The number of piperazine rings is 1. The number of hydrogen-bond donors (Lipinski definition) is 2. The summed E-state index contributed by atoms with van der Waals surface area (Å²) in [5.74, 6) is 1.81. The number of ether oxygens (including phenoxy) is 1. The van der Waals surface area contributed by atoms with Gasteiger partial charge >= 0.3 is 0 Å². The number of nitrogens with one attached hydrogen (secondary N) is 2. The average Bonchev–Trinajstić information content (AvgIpc) is 2.69. The van der Waals surface area contributed by atoms with Crippen LogP contribution in [0.5, 0.6) is 5.75 Å². The molecule has 7 heteroatoms. The van der Waals surface area contributed by atoms with E-state index in [0.29, 0.717) is 6.54 Å². The molecule has 1 aromatic carbocycles.